The predicted octanol–water partition coefficient (Wildman–Crippen LogP) is 6.61. The van der Waals surface area contributed by atoms with Crippen molar-refractivity contribution >= 4 is 22.7 Å². The zero-order chi connectivity index (χ0) is 29.4. The van der Waals surface area contributed by atoms with Crippen LogP contribution in [0.3, 0.4) is 0 Å². The Bertz CT molecular complexity index is 1580. The van der Waals surface area contributed by atoms with Gasteiger partial charge in [0.05, 0.1) is 23.9 Å². The molecule has 0 saturated heterocycles. The highest BCUT2D eigenvalue weighted by atomic mass is 19.1. The summed E-state index contributed by atoms with van der Waals surface area (Å²) in [6.07, 6.45) is 10.2. The fourth-order valence-corrected chi connectivity index (χ4v) is 6.51. The highest BCUT2D eigenvalue weighted by molar-refractivity contribution is 6.09. The van der Waals surface area contributed by atoms with E-state index in [2.05, 4.69) is 5.32 Å². The van der Waals surface area contributed by atoms with Gasteiger partial charge < -0.3 is 24.1 Å². The molecule has 0 bridgehead atoms. The van der Waals surface area contributed by atoms with Crippen LogP contribution in [0, 0.1) is 5.82 Å². The van der Waals surface area contributed by atoms with Crippen LogP contribution < -0.4 is 10.1 Å². The number of aromatic nitrogens is 2. The monoisotopic (exact) mass is 570 g/mol. The Balaban J connectivity index is 1.45. The lowest BCUT2D eigenvalue weighted by Crippen LogP contribution is -2.64. The summed E-state index contributed by atoms with van der Waals surface area (Å²) in [5, 5.41) is 3.96. The molecule has 8 heteroatoms. The SMILES string of the molecule is CC(C)Oc1ccc(CN2C(=O)c3c(-n4cccc4)c4cc(F)ccc4n3C[C@]2(C)C(=O)NC2CCCCCC2)cc1. The van der Waals surface area contributed by atoms with Gasteiger partial charge in [-0.2, -0.15) is 0 Å². The number of carbonyl (C=O) groups excluding carboxylic acids is 2. The van der Waals surface area contributed by atoms with Crippen molar-refractivity contribution in [2.24, 2.45) is 0 Å². The van der Waals surface area contributed by atoms with Crippen molar-refractivity contribution in [3.8, 4) is 11.4 Å². The number of ether oxygens (including phenoxy) is 1. The highest BCUT2D eigenvalue weighted by Crippen LogP contribution is 2.39. The minimum atomic E-state index is -1.17. The third-order valence-electron chi connectivity index (χ3n) is 8.69. The van der Waals surface area contributed by atoms with Gasteiger partial charge in [-0.25, -0.2) is 4.39 Å². The maximum Gasteiger partial charge on any atom is 0.273 e. The fraction of sp³-hybridized carbons (Fsp3) is 0.412. The van der Waals surface area contributed by atoms with Gasteiger partial charge in [0, 0.05) is 30.4 Å². The molecule has 1 aliphatic heterocycles. The van der Waals surface area contributed by atoms with Gasteiger partial charge in [0.25, 0.3) is 5.91 Å². The molecule has 1 atom stereocenters. The van der Waals surface area contributed by atoms with Gasteiger partial charge >= 0.3 is 0 Å². The fourth-order valence-electron chi connectivity index (χ4n) is 6.51. The molecule has 1 aliphatic carbocycles. The standard InChI is InChI=1S/C34H39FN4O3/c1-23(2)42-27-15-12-24(13-16-27)21-39-32(40)31-30(37-18-8-9-19-37)28-20-25(35)14-17-29(28)38(31)22-34(39,3)33(41)36-26-10-6-4-5-7-11-26/h8-9,12-20,23,26H,4-7,10-11,21-22H2,1-3H3,(H,36,41)/t34-/m1/s1. The Morgan fingerprint density at radius 1 is 1.05 bits per heavy atom. The molecule has 0 unspecified atom stereocenters. The molecule has 1 N–H and O–H groups in total. The van der Waals surface area contributed by atoms with Crippen molar-refractivity contribution in [3.63, 3.8) is 0 Å². The largest absolute Gasteiger partial charge is 0.491 e. The Morgan fingerprint density at radius 2 is 1.74 bits per heavy atom. The number of benzene rings is 2. The Labute approximate surface area is 246 Å². The zero-order valence-electron chi connectivity index (χ0n) is 24.6. The number of nitrogens with zero attached hydrogens (tertiary/aromatic N) is 3. The van der Waals surface area contributed by atoms with Crippen LogP contribution in [0.1, 0.15) is 75.3 Å². The van der Waals surface area contributed by atoms with E-state index in [1.54, 1.807) is 11.0 Å². The number of carbonyl (C=O) groups is 2. The van der Waals surface area contributed by atoms with Gasteiger partial charge in [0.15, 0.2) is 0 Å². The number of rotatable bonds is 7. The summed E-state index contributed by atoms with van der Waals surface area (Å²) < 4.78 is 24.2. The van der Waals surface area contributed by atoms with E-state index >= 15 is 0 Å². The van der Waals surface area contributed by atoms with Crippen molar-refractivity contribution < 1.29 is 18.7 Å². The summed E-state index contributed by atoms with van der Waals surface area (Å²) in [5.41, 5.74) is 1.53. The van der Waals surface area contributed by atoms with E-state index in [0.717, 1.165) is 42.5 Å². The minimum absolute atomic E-state index is 0.0503. The van der Waals surface area contributed by atoms with Crippen LogP contribution >= 0.6 is 0 Å². The molecular weight excluding hydrogens is 531 g/mol. The molecule has 7 nitrogen and oxygen atoms in total. The van der Waals surface area contributed by atoms with Crippen LogP contribution in [-0.4, -0.2) is 43.5 Å². The first-order chi connectivity index (χ1) is 20.2. The van der Waals surface area contributed by atoms with Gasteiger partial charge in [-0.05, 0) is 81.6 Å². The van der Waals surface area contributed by atoms with Crippen LogP contribution in [0.2, 0.25) is 0 Å². The van der Waals surface area contributed by atoms with Gasteiger partial charge in [-0.15, -0.1) is 0 Å². The molecule has 2 amide bonds. The van der Waals surface area contributed by atoms with Gasteiger partial charge in [0.2, 0.25) is 5.91 Å². The predicted molar refractivity (Wildman–Crippen MR) is 161 cm³/mol. The first-order valence-electron chi connectivity index (χ1n) is 15.1. The number of hydrogen-bond donors (Lipinski definition) is 1. The van der Waals surface area contributed by atoms with Crippen molar-refractivity contribution in [1.82, 2.24) is 19.4 Å². The van der Waals surface area contributed by atoms with Gasteiger partial charge in [-0.1, -0.05) is 37.8 Å². The molecule has 2 aromatic heterocycles. The summed E-state index contributed by atoms with van der Waals surface area (Å²) in [4.78, 5) is 30.6. The van der Waals surface area contributed by atoms with Crippen LogP contribution in [0.25, 0.3) is 16.6 Å². The molecule has 2 aliphatic rings. The molecule has 2 aromatic carbocycles. The lowest BCUT2D eigenvalue weighted by Gasteiger charge is -2.45. The van der Waals surface area contributed by atoms with Crippen LogP contribution in [-0.2, 0) is 17.9 Å². The number of fused-ring (bicyclic) bond motifs is 3. The average molecular weight is 571 g/mol. The Kier molecular flexibility index (Phi) is 7.56. The Morgan fingerprint density at radius 3 is 2.40 bits per heavy atom. The number of amides is 2. The first-order valence-corrected chi connectivity index (χ1v) is 15.1. The van der Waals surface area contributed by atoms with Gasteiger partial charge in [-0.3, -0.25) is 9.59 Å². The third kappa shape index (κ3) is 5.19. The molecule has 220 valence electrons. The van der Waals surface area contributed by atoms with Crippen LogP contribution in [0.15, 0.2) is 67.0 Å². The summed E-state index contributed by atoms with van der Waals surface area (Å²) >= 11 is 0. The molecular formula is C34H39FN4O3. The normalized spacial score (nSPS) is 19.6. The van der Waals surface area contributed by atoms with E-state index < -0.39 is 5.54 Å². The molecule has 0 radical (unpaired) electrons. The van der Waals surface area contributed by atoms with Gasteiger partial charge in [0.1, 0.15) is 22.8 Å². The van der Waals surface area contributed by atoms with Crippen LogP contribution in [0.5, 0.6) is 5.75 Å². The van der Waals surface area contributed by atoms with E-state index in [1.807, 2.05) is 78.7 Å². The Hall–Kier alpha value is -4.07. The minimum Gasteiger partial charge on any atom is -0.491 e. The lowest BCUT2D eigenvalue weighted by molar-refractivity contribution is -0.134. The maximum absolute atomic E-state index is 14.7. The summed E-state index contributed by atoms with van der Waals surface area (Å²) in [6.45, 7) is 6.32. The summed E-state index contributed by atoms with van der Waals surface area (Å²) in [5.74, 6) is -0.0346. The quantitative estimate of drug-likeness (QED) is 0.254. The van der Waals surface area contributed by atoms with Crippen molar-refractivity contribution in [2.45, 2.75) is 90.1 Å². The molecule has 6 rings (SSSR count). The average Bonchev–Trinajstić information content (AvgIpc) is 3.50. The van der Waals surface area contributed by atoms with Crippen LogP contribution in [0.4, 0.5) is 4.39 Å². The lowest BCUT2D eigenvalue weighted by atomic mass is 9.92. The maximum atomic E-state index is 14.7. The number of nitrogens with one attached hydrogen (secondary N) is 1. The number of hydrogen-bond acceptors (Lipinski definition) is 3. The molecule has 1 saturated carbocycles. The molecule has 4 aromatic rings. The van der Waals surface area contributed by atoms with E-state index in [-0.39, 0.29) is 42.9 Å². The van der Waals surface area contributed by atoms with E-state index in [1.165, 1.54) is 25.0 Å². The second-order valence-corrected chi connectivity index (χ2v) is 12.2. The number of halogens is 1. The third-order valence-corrected chi connectivity index (χ3v) is 8.69. The zero-order valence-corrected chi connectivity index (χ0v) is 24.6. The second-order valence-electron chi connectivity index (χ2n) is 12.2. The van der Waals surface area contributed by atoms with Crippen molar-refractivity contribution in [3.05, 3.63) is 84.1 Å². The van der Waals surface area contributed by atoms with E-state index in [0.29, 0.717) is 16.8 Å². The van der Waals surface area contributed by atoms with Crippen molar-refractivity contribution in [1.29, 1.82) is 0 Å². The topological polar surface area (TPSA) is 68.5 Å². The molecule has 42 heavy (non-hydrogen) atoms. The molecule has 0 spiro atoms. The smallest absolute Gasteiger partial charge is 0.273 e. The molecule has 3 heterocycles. The first kappa shape index (κ1) is 28.1. The highest BCUT2D eigenvalue weighted by Gasteiger charge is 2.49. The molecule has 1 fully saturated rings. The second kappa shape index (κ2) is 11.3. The summed E-state index contributed by atoms with van der Waals surface area (Å²) in [6, 6.07) is 16.1. The summed E-state index contributed by atoms with van der Waals surface area (Å²) in [7, 11) is 0. The van der Waals surface area contributed by atoms with Crippen molar-refractivity contribution in [2.75, 3.05) is 0 Å². The van der Waals surface area contributed by atoms with E-state index in [9.17, 15) is 14.0 Å². The van der Waals surface area contributed by atoms with E-state index in [4.69, 9.17) is 4.74 Å².